The predicted molar refractivity (Wildman–Crippen MR) is 80.6 cm³/mol. The van der Waals surface area contributed by atoms with Crippen molar-refractivity contribution in [3.8, 4) is 0 Å². The van der Waals surface area contributed by atoms with Crippen LogP contribution in [0, 0.1) is 10.8 Å². The highest BCUT2D eigenvalue weighted by molar-refractivity contribution is 6.06. The molecule has 0 unspecified atom stereocenters. The molecule has 0 bridgehead atoms. The molecule has 1 aliphatic carbocycles. The lowest BCUT2D eigenvalue weighted by Crippen LogP contribution is -2.51. The minimum Gasteiger partial charge on any atom is -0.409 e. The molecule has 1 fully saturated rings. The summed E-state index contributed by atoms with van der Waals surface area (Å²) in [5.41, 5.74) is 5.12. The van der Waals surface area contributed by atoms with E-state index in [9.17, 15) is 4.79 Å². The van der Waals surface area contributed by atoms with Crippen LogP contribution in [0.5, 0.6) is 0 Å². The fraction of sp³-hybridized carbons (Fsp3) is 0.867. The van der Waals surface area contributed by atoms with E-state index in [1.54, 1.807) is 0 Å². The van der Waals surface area contributed by atoms with Gasteiger partial charge < -0.3 is 16.3 Å². The van der Waals surface area contributed by atoms with Crippen molar-refractivity contribution in [1.29, 1.82) is 0 Å². The van der Waals surface area contributed by atoms with Gasteiger partial charge in [0, 0.05) is 6.54 Å². The number of hydrogen-bond donors (Lipinski definition) is 3. The van der Waals surface area contributed by atoms with Crippen molar-refractivity contribution in [2.24, 2.45) is 21.7 Å². The highest BCUT2D eigenvalue weighted by atomic mass is 16.4. The summed E-state index contributed by atoms with van der Waals surface area (Å²) in [4.78, 5) is 12.6. The van der Waals surface area contributed by atoms with E-state index in [-0.39, 0.29) is 17.2 Å². The van der Waals surface area contributed by atoms with Crippen LogP contribution in [0.4, 0.5) is 0 Å². The van der Waals surface area contributed by atoms with E-state index < -0.39 is 5.41 Å². The highest BCUT2D eigenvalue weighted by Crippen LogP contribution is 2.40. The van der Waals surface area contributed by atoms with Gasteiger partial charge in [0.05, 0.1) is 0 Å². The van der Waals surface area contributed by atoms with Crippen molar-refractivity contribution in [3.63, 3.8) is 0 Å². The molecule has 0 aliphatic heterocycles. The number of amidine groups is 1. The molecule has 5 heteroatoms. The van der Waals surface area contributed by atoms with E-state index in [2.05, 4.69) is 17.4 Å². The lowest BCUT2D eigenvalue weighted by atomic mass is 9.79. The van der Waals surface area contributed by atoms with Gasteiger partial charge in [-0.1, -0.05) is 38.8 Å². The monoisotopic (exact) mass is 283 g/mol. The van der Waals surface area contributed by atoms with Gasteiger partial charge in [-0.25, -0.2) is 0 Å². The summed E-state index contributed by atoms with van der Waals surface area (Å²) in [6.07, 6.45) is 7.00. The van der Waals surface area contributed by atoms with Crippen LogP contribution >= 0.6 is 0 Å². The Labute approximate surface area is 122 Å². The molecule has 116 valence electrons. The summed E-state index contributed by atoms with van der Waals surface area (Å²) in [7, 11) is 0. The number of nitrogens with one attached hydrogen (secondary N) is 1. The number of carbonyl (C=O) groups excluding carboxylic acids is 1. The average Bonchev–Trinajstić information content (AvgIpc) is 2.96. The first kappa shape index (κ1) is 16.8. The molecular weight excluding hydrogens is 254 g/mol. The highest BCUT2D eigenvalue weighted by Gasteiger charge is 2.41. The second-order valence-electron chi connectivity index (χ2n) is 6.02. The molecule has 0 aromatic carbocycles. The van der Waals surface area contributed by atoms with E-state index >= 15 is 0 Å². The lowest BCUT2D eigenvalue weighted by molar-refractivity contribution is -0.128. The Balaban J connectivity index is 2.77. The Kier molecular flexibility index (Phi) is 5.84. The normalized spacial score (nSPS) is 19.1. The van der Waals surface area contributed by atoms with E-state index in [0.717, 1.165) is 6.42 Å². The molecular formula is C15H29N3O2. The Bertz CT molecular complexity index is 356. The second-order valence-corrected chi connectivity index (χ2v) is 6.02. The first-order valence-electron chi connectivity index (χ1n) is 7.76. The van der Waals surface area contributed by atoms with Crippen LogP contribution in [0.2, 0.25) is 0 Å². The van der Waals surface area contributed by atoms with Gasteiger partial charge >= 0.3 is 0 Å². The third-order valence-electron chi connectivity index (χ3n) is 5.28. The van der Waals surface area contributed by atoms with Crippen molar-refractivity contribution in [2.45, 2.75) is 65.7 Å². The first-order valence-corrected chi connectivity index (χ1v) is 7.76. The molecule has 1 amide bonds. The Morgan fingerprint density at radius 2 is 1.85 bits per heavy atom. The summed E-state index contributed by atoms with van der Waals surface area (Å²) in [5.74, 6) is -0.102. The van der Waals surface area contributed by atoms with Crippen LogP contribution in [0.3, 0.4) is 0 Å². The van der Waals surface area contributed by atoms with E-state index in [1.807, 2.05) is 13.8 Å². The number of nitrogens with two attached hydrogens (primary N) is 1. The van der Waals surface area contributed by atoms with Crippen LogP contribution in [0.1, 0.15) is 65.7 Å². The van der Waals surface area contributed by atoms with E-state index in [1.165, 1.54) is 25.7 Å². The number of nitrogens with zero attached hydrogens (tertiary/aromatic N) is 1. The van der Waals surface area contributed by atoms with Gasteiger partial charge in [0.2, 0.25) is 5.91 Å². The smallest absolute Gasteiger partial charge is 0.233 e. The Morgan fingerprint density at radius 1 is 1.30 bits per heavy atom. The van der Waals surface area contributed by atoms with Crippen molar-refractivity contribution in [2.75, 3.05) is 6.54 Å². The van der Waals surface area contributed by atoms with Crippen molar-refractivity contribution < 1.29 is 10.0 Å². The van der Waals surface area contributed by atoms with Gasteiger partial charge in [0.25, 0.3) is 0 Å². The predicted octanol–water partition coefficient (Wildman–Crippen LogP) is 2.63. The fourth-order valence-electron chi connectivity index (χ4n) is 3.36. The molecule has 20 heavy (non-hydrogen) atoms. The molecule has 0 radical (unpaired) electrons. The number of hydrogen-bond acceptors (Lipinski definition) is 3. The molecule has 1 aliphatic rings. The SMILES string of the molecule is CCC1(CNC(=O)C(CC)(CC)C(N)=NO)CCCC1. The van der Waals surface area contributed by atoms with E-state index in [0.29, 0.717) is 19.4 Å². The summed E-state index contributed by atoms with van der Waals surface area (Å²) < 4.78 is 0. The molecule has 1 rings (SSSR count). The average molecular weight is 283 g/mol. The molecule has 0 aromatic heterocycles. The Morgan fingerprint density at radius 3 is 2.25 bits per heavy atom. The maximum Gasteiger partial charge on any atom is 0.233 e. The minimum absolute atomic E-state index is 0.0111. The zero-order valence-electron chi connectivity index (χ0n) is 13.0. The van der Waals surface area contributed by atoms with Crippen molar-refractivity contribution in [1.82, 2.24) is 5.32 Å². The summed E-state index contributed by atoms with van der Waals surface area (Å²) >= 11 is 0. The summed E-state index contributed by atoms with van der Waals surface area (Å²) in [6.45, 7) is 6.68. The molecule has 0 saturated heterocycles. The van der Waals surface area contributed by atoms with Gasteiger partial charge in [-0.05, 0) is 37.5 Å². The van der Waals surface area contributed by atoms with Crippen LogP contribution in [0.25, 0.3) is 0 Å². The van der Waals surface area contributed by atoms with Gasteiger partial charge in [-0.2, -0.15) is 0 Å². The van der Waals surface area contributed by atoms with Crippen LogP contribution in [-0.4, -0.2) is 23.5 Å². The van der Waals surface area contributed by atoms with Gasteiger partial charge in [0.15, 0.2) is 5.84 Å². The largest absolute Gasteiger partial charge is 0.409 e. The lowest BCUT2D eigenvalue weighted by Gasteiger charge is -2.33. The van der Waals surface area contributed by atoms with Crippen molar-refractivity contribution in [3.05, 3.63) is 0 Å². The Hall–Kier alpha value is -1.26. The number of oxime groups is 1. The molecule has 5 nitrogen and oxygen atoms in total. The van der Waals surface area contributed by atoms with Crippen LogP contribution in [-0.2, 0) is 4.79 Å². The first-order chi connectivity index (χ1) is 9.50. The third kappa shape index (κ3) is 3.07. The van der Waals surface area contributed by atoms with Gasteiger partial charge in [-0.15, -0.1) is 0 Å². The standard InChI is InChI=1S/C15H29N3O2/c1-4-14(9-7-8-10-14)11-17-13(19)15(5-2,6-3)12(16)18-20/h20H,4-11H2,1-3H3,(H2,16,18)(H,17,19). The van der Waals surface area contributed by atoms with Crippen LogP contribution < -0.4 is 11.1 Å². The number of rotatable bonds is 7. The molecule has 0 spiro atoms. The number of amides is 1. The minimum atomic E-state index is -0.887. The van der Waals surface area contributed by atoms with Crippen molar-refractivity contribution >= 4 is 11.7 Å². The van der Waals surface area contributed by atoms with Crippen LogP contribution in [0.15, 0.2) is 5.16 Å². The van der Waals surface area contributed by atoms with Gasteiger partial charge in [-0.3, -0.25) is 4.79 Å². The maximum absolute atomic E-state index is 12.6. The zero-order chi connectivity index (χ0) is 15.2. The molecule has 4 N–H and O–H groups in total. The summed E-state index contributed by atoms with van der Waals surface area (Å²) in [5, 5.41) is 15.1. The second kappa shape index (κ2) is 6.95. The quantitative estimate of drug-likeness (QED) is 0.290. The third-order valence-corrected chi connectivity index (χ3v) is 5.28. The maximum atomic E-state index is 12.6. The summed E-state index contributed by atoms with van der Waals surface area (Å²) in [6, 6.07) is 0. The molecule has 1 saturated carbocycles. The topological polar surface area (TPSA) is 87.7 Å². The molecule has 0 atom stereocenters. The number of carbonyl (C=O) groups is 1. The zero-order valence-corrected chi connectivity index (χ0v) is 13.0. The molecule has 0 heterocycles. The fourth-order valence-corrected chi connectivity index (χ4v) is 3.36. The molecule has 0 aromatic rings. The van der Waals surface area contributed by atoms with E-state index in [4.69, 9.17) is 10.9 Å². The van der Waals surface area contributed by atoms with Gasteiger partial charge in [0.1, 0.15) is 5.41 Å².